The van der Waals surface area contributed by atoms with E-state index in [4.69, 9.17) is 0 Å². The second-order valence-electron chi connectivity index (χ2n) is 6.55. The highest BCUT2D eigenvalue weighted by Gasteiger charge is 2.33. The number of carbonyl (C=O) groups excluding carboxylic acids is 1. The molecule has 1 amide bonds. The summed E-state index contributed by atoms with van der Waals surface area (Å²) in [4.78, 5) is 14.5. The van der Waals surface area contributed by atoms with Crippen LogP contribution in [0.2, 0.25) is 0 Å². The molecule has 1 aromatic rings. The van der Waals surface area contributed by atoms with Gasteiger partial charge >= 0.3 is 0 Å². The number of fused-ring (bicyclic) bond motifs is 1. The number of carbonyl (C=O) groups is 1. The van der Waals surface area contributed by atoms with E-state index in [2.05, 4.69) is 35.4 Å². The third kappa shape index (κ3) is 4.00. The maximum absolute atomic E-state index is 12.2. The summed E-state index contributed by atoms with van der Waals surface area (Å²) < 4.78 is 0. The van der Waals surface area contributed by atoms with E-state index in [-0.39, 0.29) is 18.3 Å². The van der Waals surface area contributed by atoms with Gasteiger partial charge in [-0.1, -0.05) is 6.07 Å². The van der Waals surface area contributed by atoms with Crippen molar-refractivity contribution in [2.24, 2.45) is 11.8 Å². The number of hydrogen-bond donors (Lipinski definition) is 2. The number of piperidine rings is 1. The summed E-state index contributed by atoms with van der Waals surface area (Å²) in [7, 11) is 0. The van der Waals surface area contributed by atoms with E-state index in [1.165, 1.54) is 17.5 Å². The van der Waals surface area contributed by atoms with Crippen LogP contribution in [0.15, 0.2) is 18.2 Å². The van der Waals surface area contributed by atoms with Gasteiger partial charge in [-0.3, -0.25) is 9.69 Å². The van der Waals surface area contributed by atoms with E-state index in [1.807, 2.05) is 12.1 Å². The van der Waals surface area contributed by atoms with Crippen molar-refractivity contribution in [2.45, 2.75) is 20.3 Å². The lowest BCUT2D eigenvalue weighted by Gasteiger charge is -2.33. The average Bonchev–Trinajstić information content (AvgIpc) is 2.90. The average molecular weight is 324 g/mol. The van der Waals surface area contributed by atoms with Gasteiger partial charge in [-0.05, 0) is 75.0 Å². The Morgan fingerprint density at radius 3 is 2.82 bits per heavy atom. The molecule has 0 saturated carbocycles. The van der Waals surface area contributed by atoms with Crippen molar-refractivity contribution in [3.8, 4) is 0 Å². The van der Waals surface area contributed by atoms with Gasteiger partial charge < -0.3 is 10.6 Å². The molecule has 2 unspecified atom stereocenters. The Morgan fingerprint density at radius 1 is 1.27 bits per heavy atom. The van der Waals surface area contributed by atoms with Crippen LogP contribution in [0.3, 0.4) is 0 Å². The number of halogens is 1. The highest BCUT2D eigenvalue weighted by atomic mass is 35.5. The zero-order valence-corrected chi connectivity index (χ0v) is 14.2. The summed E-state index contributed by atoms with van der Waals surface area (Å²) in [5.74, 6) is 1.65. The van der Waals surface area contributed by atoms with Gasteiger partial charge in [0.1, 0.15) is 0 Å². The minimum absolute atomic E-state index is 0. The summed E-state index contributed by atoms with van der Waals surface area (Å²) in [5.41, 5.74) is 3.37. The monoisotopic (exact) mass is 323 g/mol. The van der Waals surface area contributed by atoms with Gasteiger partial charge in [0.25, 0.3) is 0 Å². The van der Waals surface area contributed by atoms with Gasteiger partial charge in [0.2, 0.25) is 5.91 Å². The zero-order chi connectivity index (χ0) is 14.8. The standard InChI is InChI=1S/C17H25N3O.ClH/c1-12-3-4-16(7-13(12)2)19-17(21)11-20-6-5-14-8-18-9-15(14)10-20;/h3-4,7,14-15,18H,5-6,8-11H2,1-2H3,(H,19,21);1H. The zero-order valence-electron chi connectivity index (χ0n) is 13.4. The topological polar surface area (TPSA) is 44.4 Å². The maximum Gasteiger partial charge on any atom is 0.238 e. The molecule has 0 radical (unpaired) electrons. The van der Waals surface area contributed by atoms with E-state index in [0.29, 0.717) is 6.54 Å². The molecule has 2 aliphatic heterocycles. The molecular formula is C17H26ClN3O. The first-order valence-electron chi connectivity index (χ1n) is 7.92. The minimum atomic E-state index is 0. The maximum atomic E-state index is 12.2. The van der Waals surface area contributed by atoms with E-state index >= 15 is 0 Å². The Labute approximate surface area is 139 Å². The minimum Gasteiger partial charge on any atom is -0.325 e. The molecule has 2 heterocycles. The number of rotatable bonds is 3. The van der Waals surface area contributed by atoms with E-state index in [1.54, 1.807) is 0 Å². The van der Waals surface area contributed by atoms with Gasteiger partial charge in [0.15, 0.2) is 0 Å². The molecule has 2 saturated heterocycles. The normalized spacial score (nSPS) is 24.5. The second kappa shape index (κ2) is 7.44. The number of amides is 1. The van der Waals surface area contributed by atoms with Crippen molar-refractivity contribution in [1.82, 2.24) is 10.2 Å². The van der Waals surface area contributed by atoms with Crippen LogP contribution >= 0.6 is 12.4 Å². The SMILES string of the molecule is Cc1ccc(NC(=O)CN2CCC3CNCC3C2)cc1C.Cl. The van der Waals surface area contributed by atoms with E-state index < -0.39 is 0 Å². The quantitative estimate of drug-likeness (QED) is 0.896. The molecule has 0 bridgehead atoms. The number of nitrogens with one attached hydrogen (secondary N) is 2. The third-order valence-electron chi connectivity index (χ3n) is 4.95. The van der Waals surface area contributed by atoms with Crippen molar-refractivity contribution < 1.29 is 4.79 Å². The summed E-state index contributed by atoms with van der Waals surface area (Å²) in [6.45, 7) is 9.04. The van der Waals surface area contributed by atoms with Crippen molar-refractivity contribution in [1.29, 1.82) is 0 Å². The van der Waals surface area contributed by atoms with Crippen molar-refractivity contribution in [3.63, 3.8) is 0 Å². The van der Waals surface area contributed by atoms with Crippen LogP contribution in [0.25, 0.3) is 0 Å². The molecule has 5 heteroatoms. The highest BCUT2D eigenvalue weighted by Crippen LogP contribution is 2.26. The van der Waals surface area contributed by atoms with Crippen LogP contribution in [-0.4, -0.2) is 43.5 Å². The second-order valence-corrected chi connectivity index (χ2v) is 6.55. The summed E-state index contributed by atoms with van der Waals surface area (Å²) in [6, 6.07) is 6.08. The van der Waals surface area contributed by atoms with Crippen molar-refractivity contribution >= 4 is 24.0 Å². The number of aryl methyl sites for hydroxylation is 2. The van der Waals surface area contributed by atoms with Crippen LogP contribution in [0.5, 0.6) is 0 Å². The fraction of sp³-hybridized carbons (Fsp3) is 0.588. The number of anilines is 1. The van der Waals surface area contributed by atoms with Crippen LogP contribution in [0.4, 0.5) is 5.69 Å². The van der Waals surface area contributed by atoms with Gasteiger partial charge in [-0.2, -0.15) is 0 Å². The first-order valence-corrected chi connectivity index (χ1v) is 7.92. The lowest BCUT2D eigenvalue weighted by Crippen LogP contribution is -2.43. The molecular weight excluding hydrogens is 298 g/mol. The fourth-order valence-corrected chi connectivity index (χ4v) is 3.48. The lowest BCUT2D eigenvalue weighted by atomic mass is 9.89. The number of benzene rings is 1. The van der Waals surface area contributed by atoms with Gasteiger partial charge in [0.05, 0.1) is 6.54 Å². The first kappa shape index (κ1) is 17.3. The summed E-state index contributed by atoms with van der Waals surface area (Å²) in [5, 5.41) is 6.48. The van der Waals surface area contributed by atoms with Crippen LogP contribution in [0.1, 0.15) is 17.5 Å². The Bertz CT molecular complexity index is 535. The third-order valence-corrected chi connectivity index (χ3v) is 4.95. The molecule has 1 aromatic carbocycles. The fourth-order valence-electron chi connectivity index (χ4n) is 3.48. The van der Waals surface area contributed by atoms with Crippen LogP contribution in [0, 0.1) is 25.7 Å². The Morgan fingerprint density at radius 2 is 2.05 bits per heavy atom. The smallest absolute Gasteiger partial charge is 0.238 e. The molecule has 2 aliphatic rings. The van der Waals surface area contributed by atoms with Gasteiger partial charge in [-0.25, -0.2) is 0 Å². The predicted molar refractivity (Wildman–Crippen MR) is 92.7 cm³/mol. The molecule has 22 heavy (non-hydrogen) atoms. The highest BCUT2D eigenvalue weighted by molar-refractivity contribution is 5.92. The van der Waals surface area contributed by atoms with Crippen LogP contribution < -0.4 is 10.6 Å². The molecule has 0 spiro atoms. The van der Waals surface area contributed by atoms with Crippen LogP contribution in [-0.2, 0) is 4.79 Å². The predicted octanol–water partition coefficient (Wildman–Crippen LogP) is 2.21. The summed E-state index contributed by atoms with van der Waals surface area (Å²) >= 11 is 0. The molecule has 4 nitrogen and oxygen atoms in total. The number of hydrogen-bond acceptors (Lipinski definition) is 3. The number of likely N-dealkylation sites (tertiary alicyclic amines) is 1. The Hall–Kier alpha value is -1.10. The number of nitrogens with zero attached hydrogens (tertiary/aromatic N) is 1. The van der Waals surface area contributed by atoms with E-state index in [0.717, 1.165) is 43.7 Å². The molecule has 2 N–H and O–H groups in total. The molecule has 0 aliphatic carbocycles. The molecule has 2 fully saturated rings. The first-order chi connectivity index (χ1) is 10.1. The Kier molecular flexibility index (Phi) is 5.84. The van der Waals surface area contributed by atoms with Crippen molar-refractivity contribution in [3.05, 3.63) is 29.3 Å². The molecule has 0 aromatic heterocycles. The lowest BCUT2D eigenvalue weighted by molar-refractivity contribution is -0.117. The molecule has 3 rings (SSSR count). The van der Waals surface area contributed by atoms with Gasteiger partial charge in [0, 0.05) is 12.2 Å². The summed E-state index contributed by atoms with van der Waals surface area (Å²) in [6.07, 6.45) is 1.22. The van der Waals surface area contributed by atoms with Crippen molar-refractivity contribution in [2.75, 3.05) is 38.0 Å². The molecule has 2 atom stereocenters. The van der Waals surface area contributed by atoms with Gasteiger partial charge in [-0.15, -0.1) is 12.4 Å². The molecule has 122 valence electrons. The van der Waals surface area contributed by atoms with E-state index in [9.17, 15) is 4.79 Å². The largest absolute Gasteiger partial charge is 0.325 e. The Balaban J connectivity index is 0.00000176.